The van der Waals surface area contributed by atoms with Crippen LogP contribution in [0.3, 0.4) is 0 Å². The number of nitrogens with zero attached hydrogens (tertiary/aromatic N) is 3. The Bertz CT molecular complexity index is 748. The lowest BCUT2D eigenvalue weighted by molar-refractivity contribution is -0.143. The van der Waals surface area contributed by atoms with E-state index >= 15 is 0 Å². The first kappa shape index (κ1) is 32.7. The van der Waals surface area contributed by atoms with Gasteiger partial charge in [0.05, 0.1) is 32.7 Å². The SMILES string of the molecule is N[C@@H](CCCCNC(=O)CN(CCN(CCN(CC(=O)O)CC(=O)O)CC(=O)O)CC(=O)O)C(=O)O. The number of unbranched alkanes of at least 4 members (excludes halogenated alkanes) is 1. The lowest BCUT2D eigenvalue weighted by atomic mass is 10.1. The molecule has 0 saturated carbocycles. The standard InChI is InChI=1S/C20H35N5O11/c21-14(20(35)36)3-1-2-4-22-15(26)9-24(11-17(29)30)7-5-23(10-16(27)28)6-8-25(12-18(31)32)13-19(33)34/h14H,1-13,21H2,(H,22,26)(H,27,28)(H,29,30)(H,31,32)(H,33,34)(H,35,36)/t14-/m0/s1. The molecule has 0 aromatic rings. The second-order valence-corrected chi connectivity index (χ2v) is 8.06. The van der Waals surface area contributed by atoms with E-state index in [1.54, 1.807) is 0 Å². The first-order chi connectivity index (χ1) is 16.8. The number of hydrogen-bond donors (Lipinski definition) is 7. The summed E-state index contributed by atoms with van der Waals surface area (Å²) in [4.78, 5) is 70.9. The molecule has 0 aliphatic carbocycles. The average molecular weight is 522 g/mol. The van der Waals surface area contributed by atoms with Crippen LogP contribution in [0.5, 0.6) is 0 Å². The summed E-state index contributed by atoms with van der Waals surface area (Å²) in [5.41, 5.74) is 5.39. The highest BCUT2D eigenvalue weighted by molar-refractivity contribution is 5.79. The number of nitrogens with one attached hydrogen (secondary N) is 1. The van der Waals surface area contributed by atoms with Crippen LogP contribution in [-0.2, 0) is 28.8 Å². The van der Waals surface area contributed by atoms with Crippen LogP contribution in [0.4, 0.5) is 0 Å². The number of carbonyl (C=O) groups is 6. The van der Waals surface area contributed by atoms with E-state index in [0.717, 1.165) is 4.90 Å². The molecule has 206 valence electrons. The quantitative estimate of drug-likeness (QED) is 0.0698. The normalized spacial score (nSPS) is 12.0. The molecule has 0 bridgehead atoms. The Hall–Kier alpha value is -3.34. The van der Waals surface area contributed by atoms with Crippen molar-refractivity contribution in [2.24, 2.45) is 5.73 Å². The van der Waals surface area contributed by atoms with Crippen LogP contribution in [0.15, 0.2) is 0 Å². The highest BCUT2D eigenvalue weighted by Gasteiger charge is 2.19. The molecule has 16 heteroatoms. The summed E-state index contributed by atoms with van der Waals surface area (Å²) in [6.45, 7) is -2.15. The number of carboxylic acids is 5. The molecule has 0 rings (SSSR count). The van der Waals surface area contributed by atoms with Crippen LogP contribution >= 0.6 is 0 Å². The highest BCUT2D eigenvalue weighted by atomic mass is 16.4. The average Bonchev–Trinajstić information content (AvgIpc) is 2.73. The Labute approximate surface area is 207 Å². The van der Waals surface area contributed by atoms with Crippen molar-refractivity contribution in [1.29, 1.82) is 0 Å². The minimum absolute atomic E-state index is 0.00154. The first-order valence-electron chi connectivity index (χ1n) is 11.1. The molecule has 0 aliphatic rings. The first-order valence-corrected chi connectivity index (χ1v) is 11.1. The molecule has 0 aromatic heterocycles. The van der Waals surface area contributed by atoms with E-state index in [0.29, 0.717) is 12.8 Å². The largest absolute Gasteiger partial charge is 0.480 e. The van der Waals surface area contributed by atoms with Crippen LogP contribution in [0.25, 0.3) is 0 Å². The Kier molecular flexibility index (Phi) is 16.3. The maximum absolute atomic E-state index is 12.2. The van der Waals surface area contributed by atoms with E-state index < -0.39 is 68.0 Å². The second-order valence-electron chi connectivity index (χ2n) is 8.06. The van der Waals surface area contributed by atoms with Crippen molar-refractivity contribution < 1.29 is 54.3 Å². The zero-order valence-electron chi connectivity index (χ0n) is 19.9. The Morgan fingerprint density at radius 2 is 1.00 bits per heavy atom. The fourth-order valence-electron chi connectivity index (χ4n) is 3.13. The number of rotatable bonds is 22. The number of aliphatic carboxylic acids is 5. The zero-order valence-corrected chi connectivity index (χ0v) is 19.9. The van der Waals surface area contributed by atoms with Gasteiger partial charge in [0.2, 0.25) is 5.91 Å². The van der Waals surface area contributed by atoms with Gasteiger partial charge in [-0.25, -0.2) is 0 Å². The van der Waals surface area contributed by atoms with Crippen LogP contribution in [0, 0.1) is 0 Å². The zero-order chi connectivity index (χ0) is 27.7. The third-order valence-electron chi connectivity index (χ3n) is 4.85. The molecule has 0 spiro atoms. The highest BCUT2D eigenvalue weighted by Crippen LogP contribution is 1.99. The third-order valence-corrected chi connectivity index (χ3v) is 4.85. The summed E-state index contributed by atoms with van der Waals surface area (Å²) in [6, 6.07) is -0.985. The van der Waals surface area contributed by atoms with Gasteiger partial charge in [-0.15, -0.1) is 0 Å². The summed E-state index contributed by atoms with van der Waals surface area (Å²) < 4.78 is 0. The van der Waals surface area contributed by atoms with E-state index in [2.05, 4.69) is 5.32 Å². The minimum Gasteiger partial charge on any atom is -0.480 e. The number of carbonyl (C=O) groups excluding carboxylic acids is 1. The summed E-state index contributed by atoms with van der Waals surface area (Å²) in [5.74, 6) is -6.48. The van der Waals surface area contributed by atoms with Crippen molar-refractivity contribution in [3.05, 3.63) is 0 Å². The summed E-state index contributed by atoms with van der Waals surface area (Å²) in [7, 11) is 0. The molecule has 1 atom stereocenters. The fourth-order valence-corrected chi connectivity index (χ4v) is 3.13. The molecular formula is C20H35N5O11. The molecular weight excluding hydrogens is 486 g/mol. The molecule has 0 fully saturated rings. The van der Waals surface area contributed by atoms with Crippen molar-refractivity contribution in [1.82, 2.24) is 20.0 Å². The molecule has 1 amide bonds. The van der Waals surface area contributed by atoms with Crippen molar-refractivity contribution >= 4 is 35.8 Å². The Morgan fingerprint density at radius 1 is 0.611 bits per heavy atom. The molecule has 16 nitrogen and oxygen atoms in total. The maximum Gasteiger partial charge on any atom is 0.320 e. The number of nitrogens with two attached hydrogens (primary N) is 1. The van der Waals surface area contributed by atoms with Crippen LogP contribution in [-0.4, -0.2) is 147 Å². The van der Waals surface area contributed by atoms with Crippen molar-refractivity contribution in [2.45, 2.75) is 25.3 Å². The molecule has 36 heavy (non-hydrogen) atoms. The second kappa shape index (κ2) is 18.0. The van der Waals surface area contributed by atoms with Crippen LogP contribution in [0.1, 0.15) is 19.3 Å². The van der Waals surface area contributed by atoms with Crippen molar-refractivity contribution in [3.63, 3.8) is 0 Å². The van der Waals surface area contributed by atoms with Gasteiger partial charge in [0.15, 0.2) is 0 Å². The third kappa shape index (κ3) is 18.0. The summed E-state index contributed by atoms with van der Waals surface area (Å²) in [5, 5.41) is 47.4. The van der Waals surface area contributed by atoms with Gasteiger partial charge in [-0.3, -0.25) is 43.5 Å². The smallest absolute Gasteiger partial charge is 0.320 e. The number of amides is 1. The predicted octanol–water partition coefficient (Wildman–Crippen LogP) is -3.07. The minimum atomic E-state index is -1.25. The number of carboxylic acid groups (broad SMARTS) is 5. The Morgan fingerprint density at radius 3 is 1.42 bits per heavy atom. The van der Waals surface area contributed by atoms with E-state index in [-0.39, 0.29) is 45.7 Å². The van der Waals surface area contributed by atoms with E-state index in [4.69, 9.17) is 31.3 Å². The van der Waals surface area contributed by atoms with Gasteiger partial charge in [0, 0.05) is 32.7 Å². The van der Waals surface area contributed by atoms with Gasteiger partial charge in [-0.1, -0.05) is 0 Å². The monoisotopic (exact) mass is 521 g/mol. The lowest BCUT2D eigenvalue weighted by Crippen LogP contribution is -2.46. The maximum atomic E-state index is 12.2. The van der Waals surface area contributed by atoms with E-state index in [1.807, 2.05) is 0 Å². The Balaban J connectivity index is 4.82. The summed E-state index contributed by atoms with van der Waals surface area (Å²) in [6.07, 6.45) is 1.19. The topological polar surface area (TPSA) is 251 Å². The van der Waals surface area contributed by atoms with E-state index in [9.17, 15) is 28.8 Å². The molecule has 0 saturated heterocycles. The summed E-state index contributed by atoms with van der Waals surface area (Å²) >= 11 is 0. The molecule has 0 aromatic carbocycles. The molecule has 8 N–H and O–H groups in total. The molecule has 0 heterocycles. The van der Waals surface area contributed by atoms with Gasteiger partial charge in [0.25, 0.3) is 0 Å². The molecule has 0 unspecified atom stereocenters. The van der Waals surface area contributed by atoms with Gasteiger partial charge in [0.1, 0.15) is 6.04 Å². The van der Waals surface area contributed by atoms with Gasteiger partial charge in [-0.2, -0.15) is 0 Å². The van der Waals surface area contributed by atoms with Crippen LogP contribution < -0.4 is 11.1 Å². The predicted molar refractivity (Wildman–Crippen MR) is 122 cm³/mol. The van der Waals surface area contributed by atoms with Crippen molar-refractivity contribution in [3.8, 4) is 0 Å². The fraction of sp³-hybridized carbons (Fsp3) is 0.700. The lowest BCUT2D eigenvalue weighted by Gasteiger charge is -2.27. The van der Waals surface area contributed by atoms with Gasteiger partial charge < -0.3 is 36.6 Å². The van der Waals surface area contributed by atoms with Crippen LogP contribution in [0.2, 0.25) is 0 Å². The van der Waals surface area contributed by atoms with Gasteiger partial charge >= 0.3 is 29.8 Å². The van der Waals surface area contributed by atoms with Gasteiger partial charge in [-0.05, 0) is 19.3 Å². The molecule has 0 aliphatic heterocycles. The van der Waals surface area contributed by atoms with Crippen molar-refractivity contribution in [2.75, 3.05) is 65.4 Å². The van der Waals surface area contributed by atoms with E-state index in [1.165, 1.54) is 9.80 Å². The number of hydrogen-bond acceptors (Lipinski definition) is 10. The molecule has 0 radical (unpaired) electrons.